The number of anilines is 2. The van der Waals surface area contributed by atoms with Crippen LogP contribution in [0.5, 0.6) is 0 Å². The van der Waals surface area contributed by atoms with E-state index in [1.807, 2.05) is 18.2 Å². The molecule has 1 aliphatic heterocycles. The van der Waals surface area contributed by atoms with E-state index in [0.717, 1.165) is 5.39 Å². The number of halogens is 2. The first-order valence-corrected chi connectivity index (χ1v) is 11.5. The fourth-order valence-corrected chi connectivity index (χ4v) is 4.07. The molecule has 0 aliphatic carbocycles. The van der Waals surface area contributed by atoms with Crippen molar-refractivity contribution in [3.8, 4) is 0 Å². The second-order valence-corrected chi connectivity index (χ2v) is 9.14. The van der Waals surface area contributed by atoms with Crippen molar-refractivity contribution in [1.29, 1.82) is 0 Å². The third kappa shape index (κ3) is 4.83. The van der Waals surface area contributed by atoms with E-state index in [2.05, 4.69) is 15.3 Å². The van der Waals surface area contributed by atoms with Gasteiger partial charge in [0.05, 0.1) is 23.0 Å². The van der Waals surface area contributed by atoms with Crippen molar-refractivity contribution >= 4 is 38.3 Å². The summed E-state index contributed by atoms with van der Waals surface area (Å²) in [7, 11) is -3.96. The summed E-state index contributed by atoms with van der Waals surface area (Å²) in [5.74, 6) is -2.93. The van der Waals surface area contributed by atoms with Gasteiger partial charge < -0.3 is 10.2 Å². The number of amides is 1. The Morgan fingerprint density at radius 1 is 1.12 bits per heavy atom. The molecule has 11 heteroatoms. The van der Waals surface area contributed by atoms with Gasteiger partial charge in [0.1, 0.15) is 5.82 Å². The number of carbonyl (C=O) groups is 1. The Morgan fingerprint density at radius 3 is 2.62 bits per heavy atom. The van der Waals surface area contributed by atoms with E-state index in [4.69, 9.17) is 5.14 Å². The Balaban J connectivity index is 1.68. The molecule has 32 heavy (non-hydrogen) atoms. The van der Waals surface area contributed by atoms with E-state index in [1.165, 1.54) is 18.3 Å². The zero-order valence-electron chi connectivity index (χ0n) is 17.0. The van der Waals surface area contributed by atoms with Crippen LogP contribution in [0.3, 0.4) is 0 Å². The van der Waals surface area contributed by atoms with Crippen molar-refractivity contribution in [3.63, 3.8) is 0 Å². The first kappa shape index (κ1) is 22.0. The lowest BCUT2D eigenvalue weighted by atomic mass is 10.1. The number of nitrogens with two attached hydrogens (primary N) is 1. The van der Waals surface area contributed by atoms with Gasteiger partial charge in [-0.25, -0.2) is 32.3 Å². The van der Waals surface area contributed by atoms with Crippen molar-refractivity contribution in [3.05, 3.63) is 54.2 Å². The third-order valence-corrected chi connectivity index (χ3v) is 6.08. The molecule has 1 fully saturated rings. The second kappa shape index (κ2) is 8.40. The van der Waals surface area contributed by atoms with Gasteiger partial charge in [0.2, 0.25) is 5.92 Å². The van der Waals surface area contributed by atoms with Crippen LogP contribution in [0.15, 0.2) is 53.7 Å². The van der Waals surface area contributed by atoms with Gasteiger partial charge in [-0.3, -0.25) is 4.79 Å². The van der Waals surface area contributed by atoms with Crippen LogP contribution in [0.2, 0.25) is 0 Å². The standard InChI is InChI=1S/C21H21F2N5O3S/c22-21(23)8-3-10-28(11-9-21)19-16(12-14-4-1-2-5-17(14)27-19)20(29)26-15-6-7-18(25-13-15)32(24,30)31/h1-2,4-7,12-13H,3,8-11H2,(H,26,29)(H2,24,30,31). The minimum absolute atomic E-state index is 0.0727. The number of pyridine rings is 2. The summed E-state index contributed by atoms with van der Waals surface area (Å²) in [6, 6.07) is 11.4. The quantitative estimate of drug-likeness (QED) is 0.616. The average Bonchev–Trinajstić information content (AvgIpc) is 2.93. The molecule has 168 valence electrons. The molecule has 1 aliphatic rings. The van der Waals surface area contributed by atoms with Crippen LogP contribution in [-0.4, -0.2) is 43.3 Å². The maximum Gasteiger partial charge on any atom is 0.259 e. The van der Waals surface area contributed by atoms with Gasteiger partial charge in [0, 0.05) is 31.3 Å². The monoisotopic (exact) mass is 461 g/mol. The number of fused-ring (bicyclic) bond motifs is 1. The number of benzene rings is 1. The molecule has 3 heterocycles. The van der Waals surface area contributed by atoms with Crippen molar-refractivity contribution in [2.75, 3.05) is 23.3 Å². The maximum atomic E-state index is 13.9. The van der Waals surface area contributed by atoms with Crippen molar-refractivity contribution in [1.82, 2.24) is 9.97 Å². The first-order valence-electron chi connectivity index (χ1n) is 9.95. The molecule has 2 aromatic heterocycles. The summed E-state index contributed by atoms with van der Waals surface area (Å²) < 4.78 is 50.5. The highest BCUT2D eigenvalue weighted by Crippen LogP contribution is 2.32. The van der Waals surface area contributed by atoms with Crippen LogP contribution in [0.25, 0.3) is 10.9 Å². The number of aromatic nitrogens is 2. The normalized spacial score (nSPS) is 16.5. The van der Waals surface area contributed by atoms with Crippen LogP contribution in [-0.2, 0) is 10.0 Å². The zero-order valence-corrected chi connectivity index (χ0v) is 17.8. The van der Waals surface area contributed by atoms with E-state index in [-0.39, 0.29) is 42.1 Å². The Kier molecular flexibility index (Phi) is 5.78. The molecule has 0 saturated carbocycles. The smallest absolute Gasteiger partial charge is 0.259 e. The fourth-order valence-electron chi connectivity index (χ4n) is 3.61. The van der Waals surface area contributed by atoms with Crippen LogP contribution < -0.4 is 15.4 Å². The largest absolute Gasteiger partial charge is 0.356 e. The summed E-state index contributed by atoms with van der Waals surface area (Å²) in [4.78, 5) is 23.2. The molecule has 3 aromatic rings. The van der Waals surface area contributed by atoms with Crippen LogP contribution in [0.4, 0.5) is 20.3 Å². The van der Waals surface area contributed by atoms with Gasteiger partial charge in [0.25, 0.3) is 15.9 Å². The molecular weight excluding hydrogens is 440 g/mol. The lowest BCUT2D eigenvalue weighted by Gasteiger charge is -2.24. The molecule has 8 nitrogen and oxygen atoms in total. The van der Waals surface area contributed by atoms with Crippen molar-refractivity contribution in [2.45, 2.75) is 30.2 Å². The number of rotatable bonds is 4. The van der Waals surface area contributed by atoms with E-state index in [1.54, 1.807) is 17.0 Å². The number of nitrogens with one attached hydrogen (secondary N) is 1. The number of alkyl halides is 2. The highest BCUT2D eigenvalue weighted by Gasteiger charge is 2.33. The average molecular weight is 461 g/mol. The highest BCUT2D eigenvalue weighted by molar-refractivity contribution is 7.89. The summed E-state index contributed by atoms with van der Waals surface area (Å²) in [5, 5.41) is 8.10. The third-order valence-electron chi connectivity index (χ3n) is 5.25. The van der Waals surface area contributed by atoms with E-state index in [9.17, 15) is 22.0 Å². The Labute approximate surface area is 183 Å². The summed E-state index contributed by atoms with van der Waals surface area (Å²) >= 11 is 0. The van der Waals surface area contributed by atoms with Gasteiger partial charge in [-0.05, 0) is 30.7 Å². The molecule has 3 N–H and O–H groups in total. The van der Waals surface area contributed by atoms with Gasteiger partial charge in [-0.1, -0.05) is 18.2 Å². The molecule has 1 saturated heterocycles. The minimum atomic E-state index is -3.96. The second-order valence-electron chi connectivity index (χ2n) is 7.63. The molecule has 1 aromatic carbocycles. The number of sulfonamides is 1. The van der Waals surface area contributed by atoms with Crippen molar-refractivity contribution < 1.29 is 22.0 Å². The van der Waals surface area contributed by atoms with Gasteiger partial charge >= 0.3 is 0 Å². The summed E-state index contributed by atoms with van der Waals surface area (Å²) in [5.41, 5.74) is 1.13. The highest BCUT2D eigenvalue weighted by atomic mass is 32.2. The van der Waals surface area contributed by atoms with Crippen LogP contribution >= 0.6 is 0 Å². The maximum absolute atomic E-state index is 13.9. The SMILES string of the molecule is NS(=O)(=O)c1ccc(NC(=O)c2cc3ccccc3nc2N2CCCC(F)(F)CC2)cn1. The fraction of sp³-hybridized carbons (Fsp3) is 0.286. The van der Waals surface area contributed by atoms with Crippen molar-refractivity contribution in [2.24, 2.45) is 5.14 Å². The molecule has 0 radical (unpaired) electrons. The van der Waals surface area contributed by atoms with Gasteiger partial charge in [-0.2, -0.15) is 0 Å². The number of para-hydroxylation sites is 1. The Morgan fingerprint density at radius 2 is 1.91 bits per heavy atom. The number of carbonyl (C=O) groups excluding carboxylic acids is 1. The van der Waals surface area contributed by atoms with Crippen LogP contribution in [0.1, 0.15) is 29.6 Å². The Hall–Kier alpha value is -3.18. The zero-order chi connectivity index (χ0) is 22.9. The first-order chi connectivity index (χ1) is 15.1. The minimum Gasteiger partial charge on any atom is -0.356 e. The predicted molar refractivity (Wildman–Crippen MR) is 116 cm³/mol. The molecule has 0 spiro atoms. The lowest BCUT2D eigenvalue weighted by Crippen LogP contribution is -2.29. The number of hydrogen-bond donors (Lipinski definition) is 2. The predicted octanol–water partition coefficient (Wildman–Crippen LogP) is 3.16. The molecule has 1 amide bonds. The number of nitrogens with zero attached hydrogens (tertiary/aromatic N) is 3. The molecule has 0 unspecified atom stereocenters. The lowest BCUT2D eigenvalue weighted by molar-refractivity contribution is -0.0102. The van der Waals surface area contributed by atoms with E-state index >= 15 is 0 Å². The summed E-state index contributed by atoms with van der Waals surface area (Å²) in [6.45, 7) is 0.426. The van der Waals surface area contributed by atoms with Gasteiger partial charge in [0.15, 0.2) is 5.03 Å². The summed E-state index contributed by atoms with van der Waals surface area (Å²) in [6.07, 6.45) is 0.933. The van der Waals surface area contributed by atoms with Crippen LogP contribution in [0, 0.1) is 0 Å². The molecule has 4 rings (SSSR count). The van der Waals surface area contributed by atoms with Gasteiger partial charge in [-0.15, -0.1) is 0 Å². The number of hydrogen-bond acceptors (Lipinski definition) is 6. The topological polar surface area (TPSA) is 118 Å². The van der Waals surface area contributed by atoms with E-state index < -0.39 is 21.9 Å². The Bertz CT molecular complexity index is 1270. The molecule has 0 atom stereocenters. The molecular formula is C21H21F2N5O3S. The van der Waals surface area contributed by atoms with E-state index in [0.29, 0.717) is 17.9 Å². The molecule has 0 bridgehead atoms. The number of primary sulfonamides is 1.